The van der Waals surface area contributed by atoms with Crippen LogP contribution in [0, 0.1) is 0 Å². The van der Waals surface area contributed by atoms with Crippen molar-refractivity contribution in [2.24, 2.45) is 0 Å². The highest BCUT2D eigenvalue weighted by Crippen LogP contribution is 2.30. The highest BCUT2D eigenvalue weighted by atomic mass is 79.9. The molecule has 0 fully saturated rings. The van der Waals surface area contributed by atoms with E-state index in [1.165, 1.54) is 6.26 Å². The van der Waals surface area contributed by atoms with E-state index in [9.17, 15) is 8.42 Å². The Morgan fingerprint density at radius 3 is 2.59 bits per heavy atom. The zero-order chi connectivity index (χ0) is 13.1. The first-order valence-electron chi connectivity index (χ1n) is 5.07. The van der Waals surface area contributed by atoms with Gasteiger partial charge in [-0.25, -0.2) is 8.42 Å². The molecule has 0 aliphatic carbocycles. The molecule has 6 heteroatoms. The Labute approximate surface area is 116 Å². The van der Waals surface area contributed by atoms with E-state index in [0.717, 1.165) is 11.3 Å². The number of sulfone groups is 1. The minimum Gasteiger partial charge on any atom is -0.372 e. The summed E-state index contributed by atoms with van der Waals surface area (Å²) in [5.41, 5.74) is 1.93. The van der Waals surface area contributed by atoms with Crippen LogP contribution in [-0.4, -0.2) is 34.0 Å². The van der Waals surface area contributed by atoms with Crippen molar-refractivity contribution in [3.05, 3.63) is 28.8 Å². The number of hydrogen-bond acceptors (Lipinski definition) is 3. The highest BCUT2D eigenvalue weighted by Gasteiger charge is 2.12. The molecular formula is C11H15BrClNO2S. The van der Waals surface area contributed by atoms with Crippen LogP contribution in [-0.2, 0) is 15.2 Å². The van der Waals surface area contributed by atoms with Crippen molar-refractivity contribution in [1.29, 1.82) is 0 Å². The monoisotopic (exact) mass is 339 g/mol. The number of para-hydroxylation sites is 1. The van der Waals surface area contributed by atoms with E-state index in [1.807, 2.05) is 24.1 Å². The van der Waals surface area contributed by atoms with E-state index in [4.69, 9.17) is 11.6 Å². The molecule has 0 aromatic heterocycles. The van der Waals surface area contributed by atoms with Gasteiger partial charge in [0.1, 0.15) is 9.84 Å². The molecule has 0 saturated carbocycles. The van der Waals surface area contributed by atoms with Gasteiger partial charge in [0.15, 0.2) is 0 Å². The zero-order valence-electron chi connectivity index (χ0n) is 9.78. The molecule has 0 aliphatic heterocycles. The van der Waals surface area contributed by atoms with Crippen LogP contribution < -0.4 is 4.90 Å². The highest BCUT2D eigenvalue weighted by molar-refractivity contribution is 9.08. The lowest BCUT2D eigenvalue weighted by molar-refractivity contribution is 0.601. The summed E-state index contributed by atoms with van der Waals surface area (Å²) in [6, 6.07) is 5.65. The smallest absolute Gasteiger partial charge is 0.149 e. The first kappa shape index (κ1) is 14.8. The summed E-state index contributed by atoms with van der Waals surface area (Å²) in [4.78, 5) is 1.87. The van der Waals surface area contributed by atoms with Gasteiger partial charge in [0.25, 0.3) is 0 Å². The fraction of sp³-hybridized carbons (Fsp3) is 0.455. The van der Waals surface area contributed by atoms with Gasteiger partial charge in [0.05, 0.1) is 16.5 Å². The zero-order valence-corrected chi connectivity index (χ0v) is 12.9. The van der Waals surface area contributed by atoms with Gasteiger partial charge in [-0.2, -0.15) is 0 Å². The standard InChI is InChI=1S/C11H15BrClNO2S/c1-14(6-7-17(2,15)16)11-9(8-12)4-3-5-10(11)13/h3-5H,6-8H2,1-2H3. The number of nitrogens with zero attached hydrogens (tertiary/aromatic N) is 1. The molecule has 0 amide bonds. The topological polar surface area (TPSA) is 37.4 Å². The number of rotatable bonds is 5. The van der Waals surface area contributed by atoms with Crippen molar-refractivity contribution >= 4 is 43.1 Å². The van der Waals surface area contributed by atoms with Gasteiger partial charge in [-0.15, -0.1) is 0 Å². The molecule has 1 aromatic carbocycles. The average Bonchev–Trinajstić information content (AvgIpc) is 2.24. The fourth-order valence-corrected chi connectivity index (χ4v) is 2.91. The average molecular weight is 341 g/mol. The van der Waals surface area contributed by atoms with Gasteiger partial charge in [0.2, 0.25) is 0 Å². The second-order valence-electron chi connectivity index (χ2n) is 3.93. The Kier molecular flexibility index (Phi) is 5.28. The molecule has 96 valence electrons. The molecule has 0 atom stereocenters. The summed E-state index contributed by atoms with van der Waals surface area (Å²) in [6.45, 7) is 0.433. The summed E-state index contributed by atoms with van der Waals surface area (Å²) >= 11 is 9.54. The van der Waals surface area contributed by atoms with Gasteiger partial charge < -0.3 is 4.90 Å². The molecule has 1 rings (SSSR count). The largest absolute Gasteiger partial charge is 0.372 e. The molecule has 0 spiro atoms. The maximum absolute atomic E-state index is 11.1. The summed E-state index contributed by atoms with van der Waals surface area (Å²) in [6.07, 6.45) is 1.23. The first-order valence-corrected chi connectivity index (χ1v) is 8.63. The maximum Gasteiger partial charge on any atom is 0.149 e. The summed E-state index contributed by atoms with van der Waals surface area (Å²) in [5.74, 6) is 0.121. The number of halogens is 2. The van der Waals surface area contributed by atoms with Crippen LogP contribution in [0.3, 0.4) is 0 Å². The van der Waals surface area contributed by atoms with Crippen molar-refractivity contribution in [3.8, 4) is 0 Å². The lowest BCUT2D eigenvalue weighted by atomic mass is 10.2. The third kappa shape index (κ3) is 4.48. The van der Waals surface area contributed by atoms with Crippen molar-refractivity contribution in [2.75, 3.05) is 30.5 Å². The minimum atomic E-state index is -2.96. The molecule has 3 nitrogen and oxygen atoms in total. The number of benzene rings is 1. The normalized spacial score (nSPS) is 11.5. The van der Waals surface area contributed by atoms with Crippen LogP contribution in [0.2, 0.25) is 5.02 Å². The third-order valence-corrected chi connectivity index (χ3v) is 4.23. The van der Waals surface area contributed by atoms with Crippen LogP contribution in [0.5, 0.6) is 0 Å². The Morgan fingerprint density at radius 1 is 1.41 bits per heavy atom. The molecule has 17 heavy (non-hydrogen) atoms. The molecule has 0 unspecified atom stereocenters. The number of hydrogen-bond donors (Lipinski definition) is 0. The molecular weight excluding hydrogens is 326 g/mol. The van der Waals surface area contributed by atoms with Crippen LogP contribution in [0.25, 0.3) is 0 Å². The second-order valence-corrected chi connectivity index (χ2v) is 7.16. The molecule has 0 radical (unpaired) electrons. The Morgan fingerprint density at radius 2 is 2.06 bits per heavy atom. The van der Waals surface area contributed by atoms with E-state index >= 15 is 0 Å². The molecule has 0 bridgehead atoms. The van der Waals surface area contributed by atoms with Crippen molar-refractivity contribution in [3.63, 3.8) is 0 Å². The second kappa shape index (κ2) is 6.07. The van der Waals surface area contributed by atoms with Crippen LogP contribution in [0.4, 0.5) is 5.69 Å². The van der Waals surface area contributed by atoms with Gasteiger partial charge >= 0.3 is 0 Å². The van der Waals surface area contributed by atoms with Crippen LogP contribution in [0.1, 0.15) is 5.56 Å². The number of anilines is 1. The Bertz CT molecular complexity index is 490. The van der Waals surface area contributed by atoms with E-state index in [2.05, 4.69) is 15.9 Å². The van der Waals surface area contributed by atoms with Crippen LogP contribution >= 0.6 is 27.5 Å². The first-order chi connectivity index (χ1) is 7.85. The predicted molar refractivity (Wildman–Crippen MR) is 77.1 cm³/mol. The van der Waals surface area contributed by atoms with E-state index in [1.54, 1.807) is 6.07 Å². The maximum atomic E-state index is 11.1. The minimum absolute atomic E-state index is 0.121. The molecule has 0 saturated heterocycles. The molecule has 1 aromatic rings. The number of alkyl halides is 1. The third-order valence-electron chi connectivity index (χ3n) is 2.39. The molecule has 0 heterocycles. The summed E-state index contributed by atoms with van der Waals surface area (Å²) in [5, 5.41) is 1.32. The Balaban J connectivity index is 2.92. The Hall–Kier alpha value is -0.260. The lowest BCUT2D eigenvalue weighted by Crippen LogP contribution is -2.25. The quantitative estimate of drug-likeness (QED) is 0.774. The predicted octanol–water partition coefficient (Wildman–Crippen LogP) is 2.72. The van der Waals surface area contributed by atoms with Gasteiger partial charge in [-0.3, -0.25) is 0 Å². The SMILES string of the molecule is CN(CCS(C)(=O)=O)c1c(Cl)cccc1CBr. The van der Waals surface area contributed by atoms with E-state index in [0.29, 0.717) is 16.9 Å². The van der Waals surface area contributed by atoms with Crippen molar-refractivity contribution in [1.82, 2.24) is 0 Å². The van der Waals surface area contributed by atoms with E-state index < -0.39 is 9.84 Å². The fourth-order valence-electron chi connectivity index (χ4n) is 1.51. The molecule has 0 aliphatic rings. The van der Waals surface area contributed by atoms with Crippen molar-refractivity contribution < 1.29 is 8.42 Å². The summed E-state index contributed by atoms with van der Waals surface area (Å²) < 4.78 is 22.3. The van der Waals surface area contributed by atoms with Gasteiger partial charge in [-0.1, -0.05) is 39.7 Å². The van der Waals surface area contributed by atoms with Gasteiger partial charge in [0, 0.05) is 25.2 Å². The van der Waals surface area contributed by atoms with Crippen LogP contribution in [0.15, 0.2) is 18.2 Å². The van der Waals surface area contributed by atoms with Crippen molar-refractivity contribution in [2.45, 2.75) is 5.33 Å². The lowest BCUT2D eigenvalue weighted by Gasteiger charge is -2.22. The molecule has 0 N–H and O–H groups in total. The van der Waals surface area contributed by atoms with E-state index in [-0.39, 0.29) is 5.75 Å². The van der Waals surface area contributed by atoms with Gasteiger partial charge in [-0.05, 0) is 11.6 Å². The summed E-state index contributed by atoms with van der Waals surface area (Å²) in [7, 11) is -1.11.